The topological polar surface area (TPSA) is 0 Å². The lowest BCUT2D eigenvalue weighted by molar-refractivity contribution is 0.629. The fraction of sp³-hybridized carbons (Fsp3) is 0. The second kappa shape index (κ2) is 2.50. The van der Waals surface area contributed by atoms with Crippen LogP contribution >= 0.6 is 11.6 Å². The lowest BCUT2D eigenvalue weighted by Crippen LogP contribution is -2.01. The molecule has 0 fully saturated rings. The maximum absolute atomic E-state index is 12.5. The normalized spacial score (nSPS) is 10.0. The van der Waals surface area contributed by atoms with Crippen molar-refractivity contribution >= 4 is 27.0 Å². The zero-order chi connectivity index (χ0) is 6.85. The third-order valence-corrected chi connectivity index (χ3v) is 2.00. The molecule has 0 radical (unpaired) electrons. The third kappa shape index (κ3) is 1.53. The summed E-state index contributed by atoms with van der Waals surface area (Å²) in [6.45, 7) is 0. The van der Waals surface area contributed by atoms with Gasteiger partial charge in [-0.3, -0.25) is 0 Å². The van der Waals surface area contributed by atoms with Gasteiger partial charge in [0.15, 0.2) is 0 Å². The summed E-state index contributed by atoms with van der Waals surface area (Å²) in [6.07, 6.45) is 0. The summed E-state index contributed by atoms with van der Waals surface area (Å²) in [5.74, 6) is -0.316. The molecule has 1 aromatic carbocycles. The van der Waals surface area contributed by atoms with Crippen LogP contribution in [0.3, 0.4) is 0 Å². The second-order valence-corrected chi connectivity index (χ2v) is 3.48. The van der Waals surface area contributed by atoms with Crippen LogP contribution in [0.15, 0.2) is 18.2 Å². The highest BCUT2D eigenvalue weighted by molar-refractivity contribution is 6.34. The Morgan fingerprint density at radius 3 is 2.56 bits per heavy atom. The molecule has 0 nitrogen and oxygen atoms in total. The molecule has 3 heteroatoms. The van der Waals surface area contributed by atoms with Crippen LogP contribution in [0.4, 0.5) is 4.39 Å². The third-order valence-electron chi connectivity index (χ3n) is 1.08. The van der Waals surface area contributed by atoms with Crippen LogP contribution in [0.5, 0.6) is 0 Å². The van der Waals surface area contributed by atoms with Gasteiger partial charge in [0, 0.05) is 10.2 Å². The molecule has 0 aliphatic heterocycles. The Kier molecular flexibility index (Phi) is 1.88. The van der Waals surface area contributed by atoms with E-state index in [0.29, 0.717) is 0 Å². The van der Waals surface area contributed by atoms with Gasteiger partial charge in [-0.15, -0.1) is 0 Å². The van der Waals surface area contributed by atoms with Crippen LogP contribution in [0.2, 0.25) is 5.02 Å². The molecular formula is C6H6ClFSi. The molecule has 48 valence electrons. The molecule has 0 atom stereocenters. The quantitative estimate of drug-likeness (QED) is 0.484. The summed E-state index contributed by atoms with van der Waals surface area (Å²) < 4.78 is 12.5. The molecule has 0 N–H and O–H groups in total. The van der Waals surface area contributed by atoms with Crippen molar-refractivity contribution in [3.05, 3.63) is 29.0 Å². The van der Waals surface area contributed by atoms with Crippen molar-refractivity contribution in [3.63, 3.8) is 0 Å². The van der Waals surface area contributed by atoms with E-state index in [0.717, 1.165) is 15.4 Å². The van der Waals surface area contributed by atoms with Gasteiger partial charge in [0.2, 0.25) is 0 Å². The lowest BCUT2D eigenvalue weighted by atomic mass is 10.3. The first kappa shape index (κ1) is 6.77. The lowest BCUT2D eigenvalue weighted by Gasteiger charge is -1.93. The summed E-state index contributed by atoms with van der Waals surface area (Å²) in [5, 5.41) is 1.23. The molecule has 0 heterocycles. The monoisotopic (exact) mass is 160 g/mol. The smallest absolute Gasteiger partial charge is 0.141 e. The Balaban J connectivity index is 3.17. The second-order valence-electron chi connectivity index (χ2n) is 1.92. The Morgan fingerprint density at radius 2 is 2.11 bits per heavy atom. The molecule has 1 aromatic rings. The molecule has 0 unspecified atom stereocenters. The van der Waals surface area contributed by atoms with Gasteiger partial charge in [-0.2, -0.15) is 0 Å². The maximum atomic E-state index is 12.5. The highest BCUT2D eigenvalue weighted by Crippen LogP contribution is 2.10. The Bertz CT molecular complexity index is 224. The van der Waals surface area contributed by atoms with E-state index in [9.17, 15) is 4.39 Å². The zero-order valence-corrected chi connectivity index (χ0v) is 7.74. The molecule has 0 spiro atoms. The van der Waals surface area contributed by atoms with Crippen LogP contribution < -0.4 is 5.19 Å². The summed E-state index contributed by atoms with van der Waals surface area (Å²) in [4.78, 5) is 0. The highest BCUT2D eigenvalue weighted by atomic mass is 35.5. The minimum Gasteiger partial charge on any atom is -0.205 e. The number of hydrogen-bond donors (Lipinski definition) is 0. The summed E-state index contributed by atoms with van der Waals surface area (Å²) in [6, 6.07) is 4.88. The van der Waals surface area contributed by atoms with Gasteiger partial charge in [-0.25, -0.2) is 4.39 Å². The molecule has 0 saturated heterocycles. The SMILES string of the molecule is Fc1cc([SiH3])ccc1Cl. The number of hydrogen-bond acceptors (Lipinski definition) is 0. The fourth-order valence-corrected chi connectivity index (χ4v) is 1.14. The summed E-state index contributed by atoms with van der Waals surface area (Å²) in [7, 11) is 0.872. The molecular weight excluding hydrogens is 155 g/mol. The number of halogens is 2. The van der Waals surface area contributed by atoms with Crippen molar-refractivity contribution in [1.82, 2.24) is 0 Å². The molecule has 1 rings (SSSR count). The average Bonchev–Trinajstić information content (AvgIpc) is 1.80. The standard InChI is InChI=1S/C6H6ClFSi/c7-5-2-1-4(9)3-6(5)8/h1-3H,9H3. The van der Waals surface area contributed by atoms with Crippen molar-refractivity contribution < 1.29 is 4.39 Å². The molecule has 9 heavy (non-hydrogen) atoms. The van der Waals surface area contributed by atoms with E-state index in [2.05, 4.69) is 0 Å². The van der Waals surface area contributed by atoms with E-state index < -0.39 is 0 Å². The van der Waals surface area contributed by atoms with E-state index >= 15 is 0 Å². The maximum Gasteiger partial charge on any atom is 0.141 e. The largest absolute Gasteiger partial charge is 0.205 e. The Morgan fingerprint density at radius 1 is 1.44 bits per heavy atom. The highest BCUT2D eigenvalue weighted by Gasteiger charge is 1.95. The average molecular weight is 161 g/mol. The molecule has 0 amide bonds. The van der Waals surface area contributed by atoms with Crippen LogP contribution in [-0.2, 0) is 0 Å². The predicted molar refractivity (Wildman–Crippen MR) is 41.0 cm³/mol. The van der Waals surface area contributed by atoms with Gasteiger partial charge in [-0.1, -0.05) is 22.9 Å². The summed E-state index contributed by atoms with van der Waals surface area (Å²) in [5.41, 5.74) is 0. The van der Waals surface area contributed by atoms with Crippen LogP contribution in [0, 0.1) is 5.82 Å². The van der Waals surface area contributed by atoms with Crippen molar-refractivity contribution in [3.8, 4) is 0 Å². The van der Waals surface area contributed by atoms with Crippen molar-refractivity contribution in [2.24, 2.45) is 0 Å². The number of rotatable bonds is 0. The van der Waals surface area contributed by atoms with Crippen LogP contribution in [0.25, 0.3) is 0 Å². The van der Waals surface area contributed by atoms with Crippen molar-refractivity contribution in [2.45, 2.75) is 0 Å². The predicted octanol–water partition coefficient (Wildman–Crippen LogP) is 0.470. The fourth-order valence-electron chi connectivity index (χ4n) is 0.601. The van der Waals surface area contributed by atoms with E-state index in [1.165, 1.54) is 6.07 Å². The van der Waals surface area contributed by atoms with Crippen LogP contribution in [0.1, 0.15) is 0 Å². The van der Waals surface area contributed by atoms with Gasteiger partial charge in [0.05, 0.1) is 5.02 Å². The zero-order valence-electron chi connectivity index (χ0n) is 4.99. The Hall–Kier alpha value is -0.343. The van der Waals surface area contributed by atoms with Gasteiger partial charge < -0.3 is 0 Å². The van der Waals surface area contributed by atoms with E-state index in [1.54, 1.807) is 6.07 Å². The minimum atomic E-state index is -0.316. The molecule has 0 aliphatic rings. The van der Waals surface area contributed by atoms with E-state index in [4.69, 9.17) is 11.6 Å². The molecule has 0 bridgehead atoms. The first-order chi connectivity index (χ1) is 4.20. The van der Waals surface area contributed by atoms with Crippen LogP contribution in [-0.4, -0.2) is 10.2 Å². The van der Waals surface area contributed by atoms with Gasteiger partial charge in [0.1, 0.15) is 5.82 Å². The Labute approximate surface area is 61.1 Å². The summed E-state index contributed by atoms with van der Waals surface area (Å²) >= 11 is 5.42. The van der Waals surface area contributed by atoms with E-state index in [-0.39, 0.29) is 10.8 Å². The van der Waals surface area contributed by atoms with Crippen molar-refractivity contribution in [2.75, 3.05) is 0 Å². The van der Waals surface area contributed by atoms with Gasteiger partial charge in [-0.05, 0) is 12.1 Å². The number of benzene rings is 1. The first-order valence-corrected chi connectivity index (χ1v) is 3.99. The van der Waals surface area contributed by atoms with Gasteiger partial charge >= 0.3 is 0 Å². The molecule has 0 aromatic heterocycles. The van der Waals surface area contributed by atoms with Gasteiger partial charge in [0.25, 0.3) is 0 Å². The minimum absolute atomic E-state index is 0.203. The van der Waals surface area contributed by atoms with E-state index in [1.807, 2.05) is 6.07 Å². The first-order valence-electron chi connectivity index (χ1n) is 2.62. The molecule has 0 aliphatic carbocycles. The molecule has 0 saturated carbocycles. The van der Waals surface area contributed by atoms with Crippen molar-refractivity contribution in [1.29, 1.82) is 0 Å².